The van der Waals surface area contributed by atoms with Gasteiger partial charge in [0.25, 0.3) is 0 Å². The zero-order chi connectivity index (χ0) is 12.9. The molecule has 0 spiro atoms. The Morgan fingerprint density at radius 2 is 2.29 bits per heavy atom. The molecule has 0 aliphatic carbocycles. The van der Waals surface area contributed by atoms with E-state index in [1.54, 1.807) is 0 Å². The first-order valence-electron chi connectivity index (χ1n) is 6.12. The fourth-order valence-corrected chi connectivity index (χ4v) is 3.46. The fraction of sp³-hybridized carbons (Fsp3) is 0.917. The Labute approximate surface area is 108 Å². The van der Waals surface area contributed by atoms with Crippen molar-refractivity contribution in [1.82, 2.24) is 10.2 Å². The van der Waals surface area contributed by atoms with Gasteiger partial charge < -0.3 is 9.64 Å². The van der Waals surface area contributed by atoms with Crippen molar-refractivity contribution in [3.05, 3.63) is 0 Å². The Morgan fingerprint density at radius 1 is 1.59 bits per heavy atom. The van der Waals surface area contributed by atoms with E-state index in [4.69, 9.17) is 4.74 Å². The van der Waals surface area contributed by atoms with E-state index in [0.717, 1.165) is 31.7 Å². The van der Waals surface area contributed by atoms with E-state index in [0.29, 0.717) is 0 Å². The van der Waals surface area contributed by atoms with Gasteiger partial charge in [-0.3, -0.25) is 10.1 Å². The molecule has 0 aromatic carbocycles. The second-order valence-corrected chi connectivity index (χ2v) is 6.26. The highest BCUT2D eigenvalue weighted by Crippen LogP contribution is 2.34. The largest absolute Gasteiger partial charge is 0.468 e. The van der Waals surface area contributed by atoms with Crippen LogP contribution in [0.4, 0.5) is 0 Å². The summed E-state index contributed by atoms with van der Waals surface area (Å²) >= 11 is 1.85. The zero-order valence-corrected chi connectivity index (χ0v) is 12.1. The summed E-state index contributed by atoms with van der Waals surface area (Å²) in [7, 11) is 5.54. The van der Waals surface area contributed by atoms with Gasteiger partial charge in [0.15, 0.2) is 0 Å². The zero-order valence-electron chi connectivity index (χ0n) is 11.3. The third-order valence-corrected chi connectivity index (χ3v) is 4.75. The lowest BCUT2D eigenvalue weighted by Crippen LogP contribution is -2.61. The number of nitrogens with one attached hydrogen (secondary N) is 1. The van der Waals surface area contributed by atoms with E-state index in [2.05, 4.69) is 17.1 Å². The molecule has 100 valence electrons. The van der Waals surface area contributed by atoms with E-state index in [9.17, 15) is 4.79 Å². The third-order valence-electron chi connectivity index (χ3n) is 3.33. The molecule has 1 heterocycles. The number of carbonyl (C=O) groups excluding carboxylic acids is 1. The first kappa shape index (κ1) is 14.8. The Kier molecular flexibility index (Phi) is 5.76. The molecule has 5 heteroatoms. The van der Waals surface area contributed by atoms with Crippen LogP contribution in [0.2, 0.25) is 0 Å². The van der Waals surface area contributed by atoms with Crippen molar-refractivity contribution in [2.75, 3.05) is 40.0 Å². The van der Waals surface area contributed by atoms with Crippen LogP contribution >= 0.6 is 11.8 Å². The number of carbonyl (C=O) groups is 1. The quantitative estimate of drug-likeness (QED) is 0.746. The molecule has 1 aliphatic rings. The molecule has 0 aromatic rings. The number of likely N-dealkylation sites (N-methyl/N-ethyl adjacent to an activating group) is 1. The van der Waals surface area contributed by atoms with Gasteiger partial charge in [-0.25, -0.2) is 0 Å². The number of hydrogen-bond acceptors (Lipinski definition) is 5. The van der Waals surface area contributed by atoms with Gasteiger partial charge in [-0.2, -0.15) is 11.8 Å². The normalized spacial score (nSPS) is 29.4. The summed E-state index contributed by atoms with van der Waals surface area (Å²) in [4.78, 5) is 14.2. The number of esters is 1. The molecule has 1 fully saturated rings. The molecule has 2 unspecified atom stereocenters. The Morgan fingerprint density at radius 3 is 2.82 bits per heavy atom. The minimum atomic E-state index is -0.492. The van der Waals surface area contributed by atoms with Crippen LogP contribution in [-0.2, 0) is 9.53 Å². The van der Waals surface area contributed by atoms with Crippen LogP contribution in [0.1, 0.15) is 19.8 Å². The third kappa shape index (κ3) is 3.60. The summed E-state index contributed by atoms with van der Waals surface area (Å²) in [5.41, 5.74) is -0.492. The van der Waals surface area contributed by atoms with Crippen LogP contribution in [0.3, 0.4) is 0 Å². The molecular formula is C12H24N2O2S. The Bertz CT molecular complexity index is 261. The average Bonchev–Trinajstić information content (AvgIpc) is 2.30. The molecule has 0 bridgehead atoms. The summed E-state index contributed by atoms with van der Waals surface area (Å²) in [6.45, 7) is 3.85. The lowest BCUT2D eigenvalue weighted by atomic mass is 9.89. The van der Waals surface area contributed by atoms with Gasteiger partial charge in [-0.1, -0.05) is 6.92 Å². The summed E-state index contributed by atoms with van der Waals surface area (Å²) < 4.78 is 4.99. The van der Waals surface area contributed by atoms with E-state index >= 15 is 0 Å². The summed E-state index contributed by atoms with van der Waals surface area (Å²) in [5, 5.41) is 3.70. The minimum Gasteiger partial charge on any atom is -0.468 e. The van der Waals surface area contributed by atoms with Gasteiger partial charge in [0.2, 0.25) is 0 Å². The van der Waals surface area contributed by atoms with Crippen LogP contribution in [0, 0.1) is 0 Å². The topological polar surface area (TPSA) is 41.6 Å². The van der Waals surface area contributed by atoms with Crippen molar-refractivity contribution >= 4 is 17.7 Å². The van der Waals surface area contributed by atoms with Gasteiger partial charge in [0.05, 0.1) is 7.11 Å². The molecule has 1 rings (SSSR count). The van der Waals surface area contributed by atoms with Crippen LogP contribution in [0.15, 0.2) is 0 Å². The average molecular weight is 260 g/mol. The molecular weight excluding hydrogens is 236 g/mol. The van der Waals surface area contributed by atoms with E-state index < -0.39 is 5.54 Å². The number of rotatable bonds is 5. The molecule has 0 aromatic heterocycles. The highest BCUT2D eigenvalue weighted by atomic mass is 32.2. The summed E-state index contributed by atoms with van der Waals surface area (Å²) in [6.07, 6.45) is 1.94. The SMILES string of the molecule is COC(=O)C1(NCCN(C)C)CCCSC1C. The molecule has 1 N–H and O–H groups in total. The highest BCUT2D eigenvalue weighted by Gasteiger charge is 2.46. The maximum Gasteiger partial charge on any atom is 0.327 e. The van der Waals surface area contributed by atoms with Gasteiger partial charge >= 0.3 is 5.97 Å². The number of methoxy groups -OCH3 is 1. The van der Waals surface area contributed by atoms with Crippen molar-refractivity contribution in [2.24, 2.45) is 0 Å². The lowest BCUT2D eigenvalue weighted by molar-refractivity contribution is -0.149. The summed E-state index contributed by atoms with van der Waals surface area (Å²) in [5.74, 6) is 1.02. The smallest absolute Gasteiger partial charge is 0.327 e. The highest BCUT2D eigenvalue weighted by molar-refractivity contribution is 8.00. The van der Waals surface area contributed by atoms with Crippen molar-refractivity contribution in [3.63, 3.8) is 0 Å². The second-order valence-electron chi connectivity index (χ2n) is 4.81. The number of thioether (sulfide) groups is 1. The molecule has 1 aliphatic heterocycles. The van der Waals surface area contributed by atoms with E-state index in [1.807, 2.05) is 25.9 Å². The summed E-state index contributed by atoms with van der Waals surface area (Å²) in [6, 6.07) is 0. The lowest BCUT2D eigenvalue weighted by Gasteiger charge is -2.40. The molecule has 17 heavy (non-hydrogen) atoms. The van der Waals surface area contributed by atoms with Crippen molar-refractivity contribution in [2.45, 2.75) is 30.6 Å². The van der Waals surface area contributed by atoms with Crippen LogP contribution in [0.25, 0.3) is 0 Å². The van der Waals surface area contributed by atoms with Crippen molar-refractivity contribution in [3.8, 4) is 0 Å². The standard InChI is InChI=1S/C12H24N2O2S/c1-10-12(11(15)16-4,6-5-9-17-10)13-7-8-14(2)3/h10,13H,5-9H2,1-4H3. The van der Waals surface area contributed by atoms with Crippen molar-refractivity contribution in [1.29, 1.82) is 0 Å². The maximum absolute atomic E-state index is 12.1. The number of nitrogens with zero attached hydrogens (tertiary/aromatic N) is 1. The van der Waals surface area contributed by atoms with Gasteiger partial charge in [0.1, 0.15) is 5.54 Å². The Hall–Kier alpha value is -0.260. The molecule has 4 nitrogen and oxygen atoms in total. The molecule has 0 radical (unpaired) electrons. The molecule has 0 amide bonds. The van der Waals surface area contributed by atoms with Gasteiger partial charge in [0, 0.05) is 18.3 Å². The number of ether oxygens (including phenoxy) is 1. The van der Waals surface area contributed by atoms with E-state index in [1.165, 1.54) is 7.11 Å². The minimum absolute atomic E-state index is 0.115. The van der Waals surface area contributed by atoms with Crippen molar-refractivity contribution < 1.29 is 9.53 Å². The van der Waals surface area contributed by atoms with Crippen LogP contribution in [0.5, 0.6) is 0 Å². The van der Waals surface area contributed by atoms with Crippen LogP contribution in [-0.4, -0.2) is 61.7 Å². The molecule has 0 saturated carbocycles. The molecule has 1 saturated heterocycles. The predicted molar refractivity (Wildman–Crippen MR) is 72.5 cm³/mol. The first-order chi connectivity index (χ1) is 8.03. The maximum atomic E-state index is 12.1. The Balaban J connectivity index is 2.67. The molecule has 2 atom stereocenters. The number of hydrogen-bond donors (Lipinski definition) is 1. The second kappa shape index (κ2) is 6.61. The predicted octanol–water partition coefficient (Wildman–Crippen LogP) is 0.965. The van der Waals surface area contributed by atoms with E-state index in [-0.39, 0.29) is 11.2 Å². The monoisotopic (exact) mass is 260 g/mol. The van der Waals surface area contributed by atoms with Crippen LogP contribution < -0.4 is 5.32 Å². The first-order valence-corrected chi connectivity index (χ1v) is 7.17. The fourth-order valence-electron chi connectivity index (χ4n) is 2.21. The van der Waals surface area contributed by atoms with Gasteiger partial charge in [-0.15, -0.1) is 0 Å². The van der Waals surface area contributed by atoms with Gasteiger partial charge in [-0.05, 0) is 32.7 Å².